The van der Waals surface area contributed by atoms with Crippen molar-refractivity contribution in [1.29, 1.82) is 0 Å². The van der Waals surface area contributed by atoms with Gasteiger partial charge in [-0.25, -0.2) is 0 Å². The van der Waals surface area contributed by atoms with Gasteiger partial charge in [0.25, 0.3) is 0 Å². The molecule has 0 bridgehead atoms. The van der Waals surface area contributed by atoms with Gasteiger partial charge in [-0.3, -0.25) is 14.5 Å². The molecule has 1 aliphatic heterocycles. The third-order valence-corrected chi connectivity index (χ3v) is 3.99. The third kappa shape index (κ3) is 2.51. The maximum atomic E-state index is 12.3. The van der Waals surface area contributed by atoms with Gasteiger partial charge in [-0.1, -0.05) is 13.8 Å². The van der Waals surface area contributed by atoms with Crippen molar-refractivity contribution in [2.45, 2.75) is 53.0 Å². The Morgan fingerprint density at radius 3 is 2.35 bits per heavy atom. The maximum absolute atomic E-state index is 12.3. The topological polar surface area (TPSA) is 57.6 Å². The number of aliphatic hydroxyl groups excluding tert-OH is 1. The minimum absolute atomic E-state index is 0.0528. The molecule has 2 unspecified atom stereocenters. The van der Waals surface area contributed by atoms with Crippen LogP contribution in [0.15, 0.2) is 0 Å². The van der Waals surface area contributed by atoms with Crippen molar-refractivity contribution in [2.75, 3.05) is 6.61 Å². The zero-order chi connectivity index (χ0) is 13.2. The maximum Gasteiger partial charge on any atom is 0.236 e. The SMILES string of the molecule is CC(CCCO)N1C(=O)CC(C)(C(C)C)C1=O. The Kier molecular flexibility index (Phi) is 4.31. The quantitative estimate of drug-likeness (QED) is 0.743. The van der Waals surface area contributed by atoms with E-state index in [0.717, 1.165) is 0 Å². The molecule has 0 spiro atoms. The van der Waals surface area contributed by atoms with E-state index >= 15 is 0 Å². The predicted molar refractivity (Wildman–Crippen MR) is 65.2 cm³/mol. The molecule has 1 saturated heterocycles. The molecule has 0 aromatic heterocycles. The molecule has 2 atom stereocenters. The smallest absolute Gasteiger partial charge is 0.236 e. The number of rotatable bonds is 5. The number of carbonyl (C=O) groups excluding carboxylic acids is 2. The zero-order valence-electron chi connectivity index (χ0n) is 11.2. The van der Waals surface area contributed by atoms with Gasteiger partial charge < -0.3 is 5.11 Å². The van der Waals surface area contributed by atoms with Crippen LogP contribution in [0.4, 0.5) is 0 Å². The minimum Gasteiger partial charge on any atom is -0.396 e. The first-order valence-corrected chi connectivity index (χ1v) is 6.32. The highest BCUT2D eigenvalue weighted by atomic mass is 16.3. The van der Waals surface area contributed by atoms with E-state index in [1.165, 1.54) is 4.90 Å². The molecule has 1 aliphatic rings. The summed E-state index contributed by atoms with van der Waals surface area (Å²) in [6.45, 7) is 7.80. The standard InChI is InChI=1S/C13H23NO3/c1-9(2)13(4)8-11(16)14(12(13)17)10(3)6-5-7-15/h9-10,15H,5-8H2,1-4H3. The highest BCUT2D eigenvalue weighted by molar-refractivity contribution is 6.06. The number of hydrogen-bond acceptors (Lipinski definition) is 3. The fourth-order valence-electron chi connectivity index (χ4n) is 2.28. The van der Waals surface area contributed by atoms with Crippen LogP contribution in [0.25, 0.3) is 0 Å². The van der Waals surface area contributed by atoms with Crippen LogP contribution in [0.3, 0.4) is 0 Å². The van der Waals surface area contributed by atoms with Crippen LogP contribution in [0.5, 0.6) is 0 Å². The van der Waals surface area contributed by atoms with E-state index in [4.69, 9.17) is 5.11 Å². The number of aliphatic hydroxyl groups is 1. The molecule has 0 aromatic rings. The van der Waals surface area contributed by atoms with Crippen molar-refractivity contribution in [2.24, 2.45) is 11.3 Å². The molecular weight excluding hydrogens is 218 g/mol. The lowest BCUT2D eigenvalue weighted by Gasteiger charge is -2.28. The fraction of sp³-hybridized carbons (Fsp3) is 0.846. The normalized spacial score (nSPS) is 27.1. The molecule has 1 rings (SSSR count). The summed E-state index contributed by atoms with van der Waals surface area (Å²) in [5, 5.41) is 8.79. The Labute approximate surface area is 103 Å². The van der Waals surface area contributed by atoms with Crippen LogP contribution < -0.4 is 0 Å². The summed E-state index contributed by atoms with van der Waals surface area (Å²) in [5.41, 5.74) is -0.551. The lowest BCUT2D eigenvalue weighted by molar-refractivity contribution is -0.144. The molecule has 1 fully saturated rings. The summed E-state index contributed by atoms with van der Waals surface area (Å²) in [7, 11) is 0. The Hall–Kier alpha value is -0.900. The van der Waals surface area contributed by atoms with E-state index in [-0.39, 0.29) is 30.4 Å². The highest BCUT2D eigenvalue weighted by Gasteiger charge is 2.51. The largest absolute Gasteiger partial charge is 0.396 e. The van der Waals surface area contributed by atoms with E-state index in [9.17, 15) is 9.59 Å². The van der Waals surface area contributed by atoms with Crippen LogP contribution in [0, 0.1) is 11.3 Å². The van der Waals surface area contributed by atoms with Crippen molar-refractivity contribution in [3.63, 3.8) is 0 Å². The second-order valence-corrected chi connectivity index (χ2v) is 5.53. The highest BCUT2D eigenvalue weighted by Crippen LogP contribution is 2.40. The molecule has 4 nitrogen and oxygen atoms in total. The molecule has 0 radical (unpaired) electrons. The summed E-state index contributed by atoms with van der Waals surface area (Å²) in [6, 6.07) is -0.109. The van der Waals surface area contributed by atoms with Crippen LogP contribution in [-0.4, -0.2) is 34.5 Å². The van der Waals surface area contributed by atoms with E-state index < -0.39 is 5.41 Å². The van der Waals surface area contributed by atoms with Gasteiger partial charge in [-0.2, -0.15) is 0 Å². The molecule has 0 aromatic carbocycles. The molecule has 2 amide bonds. The van der Waals surface area contributed by atoms with E-state index in [0.29, 0.717) is 19.3 Å². The Morgan fingerprint density at radius 1 is 1.35 bits per heavy atom. The molecule has 0 saturated carbocycles. The van der Waals surface area contributed by atoms with Crippen LogP contribution in [0.1, 0.15) is 47.0 Å². The lowest BCUT2D eigenvalue weighted by atomic mass is 9.78. The predicted octanol–water partition coefficient (Wildman–Crippen LogP) is 1.57. The van der Waals surface area contributed by atoms with Gasteiger partial charge in [0.1, 0.15) is 0 Å². The van der Waals surface area contributed by atoms with E-state index in [2.05, 4.69) is 0 Å². The summed E-state index contributed by atoms with van der Waals surface area (Å²) in [4.78, 5) is 25.7. The lowest BCUT2D eigenvalue weighted by Crippen LogP contribution is -2.42. The summed E-state index contributed by atoms with van der Waals surface area (Å²) in [5.74, 6) is 0.0357. The van der Waals surface area contributed by atoms with Gasteiger partial charge in [0.15, 0.2) is 0 Å². The first kappa shape index (κ1) is 14.2. The number of likely N-dealkylation sites (tertiary alicyclic amines) is 1. The van der Waals surface area contributed by atoms with Gasteiger partial charge in [0.05, 0.1) is 5.41 Å². The molecule has 17 heavy (non-hydrogen) atoms. The molecule has 1 heterocycles. The van der Waals surface area contributed by atoms with Crippen LogP contribution >= 0.6 is 0 Å². The van der Waals surface area contributed by atoms with Gasteiger partial charge >= 0.3 is 0 Å². The van der Waals surface area contributed by atoms with Crippen LogP contribution in [0.2, 0.25) is 0 Å². The fourth-order valence-corrected chi connectivity index (χ4v) is 2.28. The first-order valence-electron chi connectivity index (χ1n) is 6.32. The monoisotopic (exact) mass is 241 g/mol. The molecule has 0 aliphatic carbocycles. The third-order valence-electron chi connectivity index (χ3n) is 3.99. The van der Waals surface area contributed by atoms with Gasteiger partial charge in [-0.05, 0) is 32.6 Å². The molecular formula is C13H23NO3. The van der Waals surface area contributed by atoms with E-state index in [1.54, 1.807) is 0 Å². The van der Waals surface area contributed by atoms with Gasteiger partial charge in [0.2, 0.25) is 11.8 Å². The Bertz CT molecular complexity index is 314. The summed E-state index contributed by atoms with van der Waals surface area (Å²) in [6.07, 6.45) is 1.60. The Morgan fingerprint density at radius 2 is 1.94 bits per heavy atom. The molecule has 1 N–H and O–H groups in total. The second-order valence-electron chi connectivity index (χ2n) is 5.53. The molecule has 4 heteroatoms. The van der Waals surface area contributed by atoms with Gasteiger partial charge in [0, 0.05) is 19.1 Å². The second kappa shape index (κ2) is 5.17. The molecule has 98 valence electrons. The van der Waals surface area contributed by atoms with E-state index in [1.807, 2.05) is 27.7 Å². The summed E-state index contributed by atoms with van der Waals surface area (Å²) < 4.78 is 0. The van der Waals surface area contributed by atoms with Crippen molar-refractivity contribution in [3.05, 3.63) is 0 Å². The van der Waals surface area contributed by atoms with Crippen molar-refractivity contribution >= 4 is 11.8 Å². The van der Waals surface area contributed by atoms with Crippen molar-refractivity contribution < 1.29 is 14.7 Å². The number of imide groups is 1. The van der Waals surface area contributed by atoms with Crippen molar-refractivity contribution in [3.8, 4) is 0 Å². The number of hydrogen-bond donors (Lipinski definition) is 1. The Balaban J connectivity index is 2.82. The van der Waals surface area contributed by atoms with Crippen molar-refractivity contribution in [1.82, 2.24) is 4.90 Å². The average Bonchev–Trinajstić information content (AvgIpc) is 2.48. The minimum atomic E-state index is -0.551. The number of amides is 2. The number of carbonyl (C=O) groups is 2. The zero-order valence-corrected chi connectivity index (χ0v) is 11.2. The van der Waals surface area contributed by atoms with Gasteiger partial charge in [-0.15, -0.1) is 0 Å². The average molecular weight is 241 g/mol. The number of nitrogens with zero attached hydrogens (tertiary/aromatic N) is 1. The first-order chi connectivity index (χ1) is 7.84. The van der Waals surface area contributed by atoms with Crippen LogP contribution in [-0.2, 0) is 9.59 Å². The summed E-state index contributed by atoms with van der Waals surface area (Å²) >= 11 is 0.